The van der Waals surface area contributed by atoms with Crippen LogP contribution in [0.3, 0.4) is 0 Å². The van der Waals surface area contributed by atoms with E-state index < -0.39 is 5.60 Å². The van der Waals surface area contributed by atoms with Crippen molar-refractivity contribution in [1.82, 2.24) is 14.8 Å². The topological polar surface area (TPSA) is 50.9 Å². The molecule has 2 rings (SSSR count). The van der Waals surface area contributed by atoms with Gasteiger partial charge in [-0.2, -0.15) is 0 Å². The number of thioether (sulfide) groups is 1. The van der Waals surface area contributed by atoms with Gasteiger partial charge in [0.1, 0.15) is 6.33 Å². The van der Waals surface area contributed by atoms with Crippen LogP contribution in [0.4, 0.5) is 0 Å². The Kier molecular flexibility index (Phi) is 4.73. The fourth-order valence-corrected chi connectivity index (χ4v) is 2.98. The fourth-order valence-electron chi connectivity index (χ4n) is 1.62. The van der Waals surface area contributed by atoms with Gasteiger partial charge in [-0.3, -0.25) is 4.57 Å². The van der Waals surface area contributed by atoms with Crippen LogP contribution in [0.2, 0.25) is 5.02 Å². The molecule has 6 heteroatoms. The van der Waals surface area contributed by atoms with Crippen LogP contribution < -0.4 is 0 Å². The monoisotopic (exact) mass is 311 g/mol. The highest BCUT2D eigenvalue weighted by Crippen LogP contribution is 2.25. The van der Waals surface area contributed by atoms with Crippen LogP contribution in [0.1, 0.15) is 25.8 Å². The number of aliphatic hydroxyl groups is 1. The van der Waals surface area contributed by atoms with Gasteiger partial charge in [0, 0.05) is 10.8 Å². The van der Waals surface area contributed by atoms with Crippen LogP contribution in [0, 0.1) is 6.92 Å². The summed E-state index contributed by atoms with van der Waals surface area (Å²) in [4.78, 5) is 0. The first kappa shape index (κ1) is 15.4. The van der Waals surface area contributed by atoms with Gasteiger partial charge in [-0.25, -0.2) is 0 Å². The summed E-state index contributed by atoms with van der Waals surface area (Å²) in [6, 6.07) is 5.87. The van der Waals surface area contributed by atoms with Crippen molar-refractivity contribution in [3.63, 3.8) is 0 Å². The summed E-state index contributed by atoms with van der Waals surface area (Å²) in [5.74, 6) is 0.780. The molecule has 1 aromatic heterocycles. The molecule has 1 N–H and O–H groups in total. The molecule has 0 radical (unpaired) electrons. The summed E-state index contributed by atoms with van der Waals surface area (Å²) in [7, 11) is 0. The van der Waals surface area contributed by atoms with Crippen LogP contribution in [0.25, 0.3) is 5.69 Å². The number of nitrogens with zero attached hydrogens (tertiary/aromatic N) is 3. The van der Waals surface area contributed by atoms with Gasteiger partial charge in [0.25, 0.3) is 0 Å². The van der Waals surface area contributed by atoms with Crippen LogP contribution in [-0.4, -0.2) is 31.2 Å². The molecule has 0 fully saturated rings. The summed E-state index contributed by atoms with van der Waals surface area (Å²) in [6.07, 6.45) is 2.37. The Hall–Kier alpha value is -1.04. The molecule has 2 aromatic rings. The van der Waals surface area contributed by atoms with E-state index >= 15 is 0 Å². The van der Waals surface area contributed by atoms with Crippen LogP contribution >= 0.6 is 23.4 Å². The molecule has 0 aliphatic carbocycles. The first-order chi connectivity index (χ1) is 9.37. The number of hydrogen-bond acceptors (Lipinski definition) is 4. The van der Waals surface area contributed by atoms with Gasteiger partial charge in [-0.1, -0.05) is 29.4 Å². The third-order valence-electron chi connectivity index (χ3n) is 2.90. The maximum absolute atomic E-state index is 9.73. The zero-order valence-corrected chi connectivity index (χ0v) is 13.4. The molecule has 0 aliphatic rings. The molecule has 108 valence electrons. The molecule has 0 unspecified atom stereocenters. The van der Waals surface area contributed by atoms with E-state index in [1.165, 1.54) is 0 Å². The summed E-state index contributed by atoms with van der Waals surface area (Å²) in [6.45, 7) is 5.58. The Balaban J connectivity index is 2.14. The lowest BCUT2D eigenvalue weighted by atomic mass is 10.1. The van der Waals surface area contributed by atoms with Crippen molar-refractivity contribution in [2.75, 3.05) is 5.75 Å². The number of aryl methyl sites for hydroxylation is 1. The Bertz CT molecular complexity index is 592. The van der Waals surface area contributed by atoms with Gasteiger partial charge in [0.2, 0.25) is 0 Å². The van der Waals surface area contributed by atoms with Crippen LogP contribution in [0.15, 0.2) is 29.7 Å². The lowest BCUT2D eigenvalue weighted by molar-refractivity contribution is 0.0777. The largest absolute Gasteiger partial charge is 0.390 e. The predicted octanol–water partition coefficient (Wildman–Crippen LogP) is 3.48. The van der Waals surface area contributed by atoms with E-state index in [0.717, 1.165) is 27.2 Å². The van der Waals surface area contributed by atoms with E-state index in [1.54, 1.807) is 31.9 Å². The lowest BCUT2D eigenvalue weighted by Gasteiger charge is -2.16. The Labute approximate surface area is 128 Å². The van der Waals surface area contributed by atoms with E-state index in [2.05, 4.69) is 10.2 Å². The van der Waals surface area contributed by atoms with Crippen molar-refractivity contribution in [3.8, 4) is 5.69 Å². The lowest BCUT2D eigenvalue weighted by Crippen LogP contribution is -2.19. The summed E-state index contributed by atoms with van der Waals surface area (Å²) in [5.41, 5.74) is 1.32. The van der Waals surface area contributed by atoms with E-state index in [0.29, 0.717) is 6.42 Å². The molecular formula is C14H18ClN3OS. The quantitative estimate of drug-likeness (QED) is 0.859. The zero-order valence-electron chi connectivity index (χ0n) is 11.8. The Morgan fingerprint density at radius 2 is 2.15 bits per heavy atom. The van der Waals surface area contributed by atoms with Crippen molar-refractivity contribution in [2.45, 2.75) is 37.9 Å². The van der Waals surface area contributed by atoms with Gasteiger partial charge in [-0.05, 0) is 44.9 Å². The second-order valence-corrected chi connectivity index (χ2v) is 6.80. The first-order valence-corrected chi connectivity index (χ1v) is 7.75. The van der Waals surface area contributed by atoms with Gasteiger partial charge < -0.3 is 5.11 Å². The highest BCUT2D eigenvalue weighted by molar-refractivity contribution is 7.99. The maximum atomic E-state index is 9.73. The number of benzene rings is 1. The smallest absolute Gasteiger partial charge is 0.195 e. The van der Waals surface area contributed by atoms with E-state index in [1.807, 2.05) is 29.7 Å². The molecule has 20 heavy (non-hydrogen) atoms. The minimum Gasteiger partial charge on any atom is -0.390 e. The van der Waals surface area contributed by atoms with Gasteiger partial charge in [-0.15, -0.1) is 10.2 Å². The highest BCUT2D eigenvalue weighted by atomic mass is 35.5. The minimum absolute atomic E-state index is 0.662. The third-order valence-corrected chi connectivity index (χ3v) is 4.25. The number of aromatic nitrogens is 3. The molecule has 0 saturated heterocycles. The predicted molar refractivity (Wildman–Crippen MR) is 82.7 cm³/mol. The molecule has 4 nitrogen and oxygen atoms in total. The molecular weight excluding hydrogens is 294 g/mol. The second kappa shape index (κ2) is 6.16. The molecule has 1 heterocycles. The minimum atomic E-state index is -0.662. The first-order valence-electron chi connectivity index (χ1n) is 6.38. The maximum Gasteiger partial charge on any atom is 0.195 e. The average Bonchev–Trinajstić information content (AvgIpc) is 2.79. The number of rotatable bonds is 5. The Morgan fingerprint density at radius 1 is 1.40 bits per heavy atom. The number of hydrogen-bond donors (Lipinski definition) is 1. The van der Waals surface area contributed by atoms with Crippen LogP contribution in [0.5, 0.6) is 0 Å². The normalized spacial score (nSPS) is 11.8. The van der Waals surface area contributed by atoms with Crippen molar-refractivity contribution < 1.29 is 5.11 Å². The van der Waals surface area contributed by atoms with E-state index in [4.69, 9.17) is 11.6 Å². The van der Waals surface area contributed by atoms with Crippen molar-refractivity contribution in [3.05, 3.63) is 35.1 Å². The number of halogens is 1. The fraction of sp³-hybridized carbons (Fsp3) is 0.429. The summed E-state index contributed by atoms with van der Waals surface area (Å²) >= 11 is 7.73. The summed E-state index contributed by atoms with van der Waals surface area (Å²) in [5, 5.41) is 19.3. The van der Waals surface area contributed by atoms with Crippen LogP contribution in [-0.2, 0) is 0 Å². The molecule has 0 atom stereocenters. The molecule has 1 aromatic carbocycles. The standard InChI is InChI=1S/C14H18ClN3OS/c1-10-4-5-11(8-12(10)15)18-9-16-17-13(18)20-7-6-14(2,3)19/h4-5,8-9,19H,6-7H2,1-3H3. The molecule has 0 spiro atoms. The highest BCUT2D eigenvalue weighted by Gasteiger charge is 2.14. The van der Waals surface area contributed by atoms with Gasteiger partial charge >= 0.3 is 0 Å². The SMILES string of the molecule is Cc1ccc(-n2cnnc2SCCC(C)(C)O)cc1Cl. The molecule has 0 amide bonds. The van der Waals surface area contributed by atoms with Crippen molar-refractivity contribution in [1.29, 1.82) is 0 Å². The average molecular weight is 312 g/mol. The van der Waals surface area contributed by atoms with Gasteiger partial charge in [0.05, 0.1) is 11.3 Å². The molecule has 0 saturated carbocycles. The zero-order chi connectivity index (χ0) is 14.8. The third kappa shape index (κ3) is 3.98. The van der Waals surface area contributed by atoms with E-state index in [-0.39, 0.29) is 0 Å². The van der Waals surface area contributed by atoms with Crippen molar-refractivity contribution >= 4 is 23.4 Å². The van der Waals surface area contributed by atoms with Gasteiger partial charge in [0.15, 0.2) is 5.16 Å². The van der Waals surface area contributed by atoms with E-state index in [9.17, 15) is 5.11 Å². The Morgan fingerprint density at radius 3 is 2.80 bits per heavy atom. The molecule has 0 bridgehead atoms. The summed E-state index contributed by atoms with van der Waals surface area (Å²) < 4.78 is 1.90. The second-order valence-electron chi connectivity index (χ2n) is 5.33. The molecule has 0 aliphatic heterocycles. The van der Waals surface area contributed by atoms with Crippen molar-refractivity contribution in [2.24, 2.45) is 0 Å².